The monoisotopic (exact) mass is 340 g/mol. The van der Waals surface area contributed by atoms with Gasteiger partial charge in [-0.15, -0.1) is 0 Å². The van der Waals surface area contributed by atoms with Crippen LogP contribution in [0.15, 0.2) is 70.6 Å². The van der Waals surface area contributed by atoms with E-state index in [2.05, 4.69) is 70.6 Å². The third-order valence-corrected chi connectivity index (χ3v) is 6.25. The van der Waals surface area contributed by atoms with Crippen LogP contribution in [0.25, 0.3) is 0 Å². The summed E-state index contributed by atoms with van der Waals surface area (Å²) in [6.07, 6.45) is 0. The predicted molar refractivity (Wildman–Crippen MR) is 72.8 cm³/mol. The molecule has 0 nitrogen and oxygen atoms in total. The SMILES string of the molecule is C(=C\[Se]c1ccccc1)/[Se]c1ccccc1. The van der Waals surface area contributed by atoms with Gasteiger partial charge in [0.2, 0.25) is 0 Å². The van der Waals surface area contributed by atoms with Gasteiger partial charge in [0.05, 0.1) is 0 Å². The van der Waals surface area contributed by atoms with Crippen LogP contribution in [0.4, 0.5) is 0 Å². The van der Waals surface area contributed by atoms with Gasteiger partial charge in [0.25, 0.3) is 0 Å². The first-order valence-corrected chi connectivity index (χ1v) is 8.73. The second-order valence-corrected chi connectivity index (χ2v) is 7.24. The molecule has 80 valence electrons. The van der Waals surface area contributed by atoms with Crippen molar-refractivity contribution < 1.29 is 0 Å². The molecule has 0 fully saturated rings. The van der Waals surface area contributed by atoms with Crippen LogP contribution in [0.1, 0.15) is 0 Å². The summed E-state index contributed by atoms with van der Waals surface area (Å²) in [4.78, 5) is 4.66. The molecule has 2 rings (SSSR count). The molecule has 2 heteroatoms. The van der Waals surface area contributed by atoms with E-state index in [0.717, 1.165) is 0 Å². The van der Waals surface area contributed by atoms with E-state index < -0.39 is 0 Å². The Morgan fingerprint density at radius 1 is 0.562 bits per heavy atom. The fraction of sp³-hybridized carbons (Fsp3) is 0. The Morgan fingerprint density at radius 3 is 1.31 bits per heavy atom. The molecule has 0 saturated heterocycles. The van der Waals surface area contributed by atoms with Gasteiger partial charge in [-0.25, -0.2) is 0 Å². The van der Waals surface area contributed by atoms with Gasteiger partial charge >= 0.3 is 109 Å². The van der Waals surface area contributed by atoms with Crippen LogP contribution in [0.3, 0.4) is 0 Å². The van der Waals surface area contributed by atoms with Crippen molar-refractivity contribution in [2.24, 2.45) is 0 Å². The third kappa shape index (κ3) is 4.00. The Balaban J connectivity index is 1.83. The zero-order chi connectivity index (χ0) is 11.1. The van der Waals surface area contributed by atoms with Crippen molar-refractivity contribution in [3.63, 3.8) is 0 Å². The van der Waals surface area contributed by atoms with Gasteiger partial charge in [-0.3, -0.25) is 0 Å². The topological polar surface area (TPSA) is 0 Å². The van der Waals surface area contributed by atoms with Crippen LogP contribution in [0.5, 0.6) is 0 Å². The van der Waals surface area contributed by atoms with Crippen molar-refractivity contribution in [2.45, 2.75) is 0 Å². The molecule has 0 aliphatic rings. The van der Waals surface area contributed by atoms with Gasteiger partial charge in [0.1, 0.15) is 0 Å². The van der Waals surface area contributed by atoms with E-state index in [9.17, 15) is 0 Å². The molecule has 0 N–H and O–H groups in total. The number of hydrogen-bond donors (Lipinski definition) is 0. The van der Waals surface area contributed by atoms with E-state index in [4.69, 9.17) is 0 Å². The zero-order valence-electron chi connectivity index (χ0n) is 8.74. The standard InChI is InChI=1S/C14H12Se2/c1-3-7-13(8-4-1)15-11-12-16-14-9-5-2-6-10-14/h1-12H/b12-11+. The van der Waals surface area contributed by atoms with Crippen LogP contribution >= 0.6 is 0 Å². The molecule has 0 spiro atoms. The van der Waals surface area contributed by atoms with Crippen molar-refractivity contribution in [3.05, 3.63) is 70.6 Å². The molecule has 0 radical (unpaired) electrons. The van der Waals surface area contributed by atoms with Crippen molar-refractivity contribution in [1.82, 2.24) is 0 Å². The fourth-order valence-electron chi connectivity index (χ4n) is 1.21. The van der Waals surface area contributed by atoms with Crippen molar-refractivity contribution in [3.8, 4) is 0 Å². The fourth-order valence-corrected chi connectivity index (χ4v) is 4.63. The summed E-state index contributed by atoms with van der Waals surface area (Å²) in [6.45, 7) is 0. The van der Waals surface area contributed by atoms with Crippen molar-refractivity contribution in [1.29, 1.82) is 0 Å². The molecule has 2 aromatic carbocycles. The Kier molecular flexibility index (Phi) is 4.92. The van der Waals surface area contributed by atoms with E-state index in [1.807, 2.05) is 0 Å². The van der Waals surface area contributed by atoms with Gasteiger partial charge in [-0.05, 0) is 0 Å². The minimum atomic E-state index is 0.484. The average Bonchev–Trinajstić information content (AvgIpc) is 2.37. The first-order chi connectivity index (χ1) is 7.95. The molecule has 0 aromatic heterocycles. The molecular formula is C14H12Se2. The van der Waals surface area contributed by atoms with Gasteiger partial charge in [-0.1, -0.05) is 0 Å². The summed E-state index contributed by atoms with van der Waals surface area (Å²) in [5.41, 5.74) is 0. The summed E-state index contributed by atoms with van der Waals surface area (Å²) < 4.78 is 2.88. The Labute approximate surface area is 109 Å². The first-order valence-electron chi connectivity index (χ1n) is 5.03. The minimum absolute atomic E-state index is 0.484. The molecular weight excluding hydrogens is 326 g/mol. The van der Waals surface area contributed by atoms with Crippen LogP contribution in [-0.2, 0) is 0 Å². The van der Waals surface area contributed by atoms with Crippen LogP contribution < -0.4 is 8.92 Å². The van der Waals surface area contributed by atoms with Crippen LogP contribution in [-0.4, -0.2) is 29.9 Å². The third-order valence-electron chi connectivity index (χ3n) is 1.95. The quantitative estimate of drug-likeness (QED) is 0.742. The van der Waals surface area contributed by atoms with Crippen molar-refractivity contribution >= 4 is 38.8 Å². The first kappa shape index (κ1) is 11.7. The predicted octanol–water partition coefficient (Wildman–Crippen LogP) is 1.52. The Hall–Kier alpha value is -0.781. The molecule has 0 atom stereocenters. The Morgan fingerprint density at radius 2 is 0.938 bits per heavy atom. The number of hydrogen-bond acceptors (Lipinski definition) is 0. The summed E-state index contributed by atoms with van der Waals surface area (Å²) in [5.74, 6) is 0. The van der Waals surface area contributed by atoms with E-state index >= 15 is 0 Å². The average molecular weight is 338 g/mol. The van der Waals surface area contributed by atoms with Crippen molar-refractivity contribution in [2.75, 3.05) is 0 Å². The molecule has 0 aliphatic heterocycles. The number of benzene rings is 2. The Bertz CT molecular complexity index is 391. The molecule has 0 aliphatic carbocycles. The normalized spacial score (nSPS) is 10.8. The maximum absolute atomic E-state index is 2.33. The second-order valence-electron chi connectivity index (χ2n) is 3.13. The summed E-state index contributed by atoms with van der Waals surface area (Å²) in [7, 11) is 0. The molecule has 0 heterocycles. The molecule has 0 amide bonds. The van der Waals surface area contributed by atoms with Gasteiger partial charge in [0.15, 0.2) is 0 Å². The van der Waals surface area contributed by atoms with E-state index in [0.29, 0.717) is 29.9 Å². The molecule has 0 bridgehead atoms. The second kappa shape index (κ2) is 6.73. The van der Waals surface area contributed by atoms with Crippen LogP contribution in [0, 0.1) is 0 Å². The summed E-state index contributed by atoms with van der Waals surface area (Å²) in [6, 6.07) is 21.3. The summed E-state index contributed by atoms with van der Waals surface area (Å²) in [5, 5.41) is 0. The van der Waals surface area contributed by atoms with Gasteiger partial charge in [0, 0.05) is 0 Å². The van der Waals surface area contributed by atoms with E-state index in [-0.39, 0.29) is 0 Å². The van der Waals surface area contributed by atoms with E-state index in [1.54, 1.807) is 0 Å². The van der Waals surface area contributed by atoms with E-state index in [1.165, 1.54) is 8.92 Å². The molecule has 0 unspecified atom stereocenters. The van der Waals surface area contributed by atoms with Gasteiger partial charge < -0.3 is 0 Å². The number of rotatable bonds is 4. The molecule has 0 saturated carbocycles. The van der Waals surface area contributed by atoms with Crippen LogP contribution in [0.2, 0.25) is 0 Å². The molecule has 2 aromatic rings. The maximum atomic E-state index is 2.33. The van der Waals surface area contributed by atoms with Gasteiger partial charge in [-0.2, -0.15) is 0 Å². The summed E-state index contributed by atoms with van der Waals surface area (Å²) >= 11 is 0.968. The zero-order valence-corrected chi connectivity index (χ0v) is 12.2. The molecule has 16 heavy (non-hydrogen) atoms.